The Morgan fingerprint density at radius 3 is 2.42 bits per heavy atom. The molecule has 4 aliphatic rings. The van der Waals surface area contributed by atoms with Gasteiger partial charge in [-0.25, -0.2) is 14.2 Å². The third-order valence-electron chi connectivity index (χ3n) is 11.4. The minimum atomic E-state index is -1.13. The molecule has 3 fully saturated rings. The Labute approximate surface area is 299 Å². The first-order valence-electron chi connectivity index (χ1n) is 18.1. The van der Waals surface area contributed by atoms with Gasteiger partial charge in [0.05, 0.1) is 22.3 Å². The standard InChI is InChI=1S/C37H37FN8O7/c1-17-10-22-23(11-19-15-40-9-6-21(19)31(22)38)36(51)45(17)28-12-20(32(48)43-34(28)50)16-44-26-14-29-24(41-35(53-29)18-4-7-39-8-5-18)13-27(26)46(37(44)52)25-2-3-30(47)42-33(25)49/h10-11,13-14,18,20,25,28,39-40H,2-9,12,15-16H2,1H3,(H,42,47,49)(H,43,48,50). The number of piperidine rings is 3. The molecule has 0 saturated carbocycles. The Morgan fingerprint density at radius 1 is 0.830 bits per heavy atom. The molecule has 0 aliphatic carbocycles. The molecule has 4 amide bonds. The number of imide groups is 2. The zero-order valence-electron chi connectivity index (χ0n) is 28.9. The van der Waals surface area contributed by atoms with E-state index >= 15 is 4.39 Å². The van der Waals surface area contributed by atoms with E-state index in [1.807, 2.05) is 0 Å². The molecule has 0 spiro atoms. The molecule has 3 atom stereocenters. The van der Waals surface area contributed by atoms with E-state index in [-0.39, 0.29) is 42.5 Å². The quantitative estimate of drug-likeness (QED) is 0.194. The second-order valence-electron chi connectivity index (χ2n) is 14.6. The number of imidazole rings is 1. The van der Waals surface area contributed by atoms with Gasteiger partial charge in [-0.3, -0.25) is 48.3 Å². The number of aromatic nitrogens is 4. The van der Waals surface area contributed by atoms with Crippen LogP contribution in [0, 0.1) is 18.7 Å². The normalized spacial score (nSPS) is 22.8. The molecular formula is C37H37FN8O7. The number of hydrogen-bond acceptors (Lipinski definition) is 10. The molecule has 3 unspecified atom stereocenters. The van der Waals surface area contributed by atoms with E-state index < -0.39 is 58.7 Å². The first-order valence-corrected chi connectivity index (χ1v) is 18.1. The van der Waals surface area contributed by atoms with Crippen LogP contribution in [-0.4, -0.2) is 61.9 Å². The highest BCUT2D eigenvalue weighted by molar-refractivity contribution is 6.02. The first-order chi connectivity index (χ1) is 25.6. The first kappa shape index (κ1) is 33.4. The summed E-state index contributed by atoms with van der Waals surface area (Å²) in [5.41, 5.74) is 2.18. The number of hydrogen-bond donors (Lipinski definition) is 4. The van der Waals surface area contributed by atoms with E-state index in [0.717, 1.165) is 25.9 Å². The van der Waals surface area contributed by atoms with Crippen molar-refractivity contribution in [2.45, 2.75) is 76.5 Å². The fourth-order valence-electron chi connectivity index (χ4n) is 8.65. The monoisotopic (exact) mass is 724 g/mol. The Balaban J connectivity index is 1.13. The van der Waals surface area contributed by atoms with Crippen LogP contribution < -0.4 is 32.5 Å². The predicted molar refractivity (Wildman–Crippen MR) is 189 cm³/mol. The molecule has 4 aliphatic heterocycles. The largest absolute Gasteiger partial charge is 0.440 e. The second kappa shape index (κ2) is 12.6. The third kappa shape index (κ3) is 5.41. The average molecular weight is 725 g/mol. The summed E-state index contributed by atoms with van der Waals surface area (Å²) in [6, 6.07) is 4.49. The van der Waals surface area contributed by atoms with Crippen LogP contribution >= 0.6 is 0 Å². The highest BCUT2D eigenvalue weighted by Crippen LogP contribution is 2.34. The topological polar surface area (TPSA) is 191 Å². The summed E-state index contributed by atoms with van der Waals surface area (Å²) >= 11 is 0. The lowest BCUT2D eigenvalue weighted by Gasteiger charge is -2.30. The zero-order valence-corrected chi connectivity index (χ0v) is 28.9. The van der Waals surface area contributed by atoms with Crippen molar-refractivity contribution in [3.63, 3.8) is 0 Å². The molecule has 7 heterocycles. The van der Waals surface area contributed by atoms with Crippen molar-refractivity contribution in [1.29, 1.82) is 0 Å². The molecule has 53 heavy (non-hydrogen) atoms. The summed E-state index contributed by atoms with van der Waals surface area (Å²) in [5, 5.41) is 11.6. The molecule has 5 aromatic rings. The van der Waals surface area contributed by atoms with Gasteiger partial charge in [-0.05, 0) is 88.0 Å². The van der Waals surface area contributed by atoms with Gasteiger partial charge in [-0.1, -0.05) is 0 Å². The lowest BCUT2D eigenvalue weighted by Crippen LogP contribution is -2.50. The summed E-state index contributed by atoms with van der Waals surface area (Å²) < 4.78 is 25.9. The van der Waals surface area contributed by atoms with E-state index in [9.17, 15) is 28.8 Å². The minimum absolute atomic E-state index is 0.0412. The van der Waals surface area contributed by atoms with Gasteiger partial charge in [0, 0.05) is 42.6 Å². The van der Waals surface area contributed by atoms with Crippen molar-refractivity contribution in [2.75, 3.05) is 19.6 Å². The van der Waals surface area contributed by atoms with Crippen LogP contribution in [0.3, 0.4) is 0 Å². The van der Waals surface area contributed by atoms with E-state index in [1.165, 1.54) is 13.7 Å². The van der Waals surface area contributed by atoms with Gasteiger partial charge in [0.25, 0.3) is 5.56 Å². The van der Waals surface area contributed by atoms with E-state index in [0.29, 0.717) is 64.4 Å². The maximum Gasteiger partial charge on any atom is 0.329 e. The molecule has 274 valence electrons. The van der Waals surface area contributed by atoms with E-state index in [2.05, 4.69) is 21.3 Å². The molecule has 3 saturated heterocycles. The minimum Gasteiger partial charge on any atom is -0.440 e. The number of benzene rings is 2. The number of carbonyl (C=O) groups excluding carboxylic acids is 4. The molecule has 0 radical (unpaired) electrons. The molecule has 2 aromatic carbocycles. The van der Waals surface area contributed by atoms with Gasteiger partial charge in [0.1, 0.15) is 23.4 Å². The van der Waals surface area contributed by atoms with E-state index in [4.69, 9.17) is 9.40 Å². The number of amides is 4. The lowest BCUT2D eigenvalue weighted by molar-refractivity contribution is -0.140. The predicted octanol–water partition coefficient (Wildman–Crippen LogP) is 1.70. The van der Waals surface area contributed by atoms with Gasteiger partial charge in [0.2, 0.25) is 23.6 Å². The summed E-state index contributed by atoms with van der Waals surface area (Å²) in [7, 11) is 0. The molecule has 16 heteroatoms. The average Bonchev–Trinajstić information content (AvgIpc) is 3.67. The van der Waals surface area contributed by atoms with Crippen molar-refractivity contribution in [3.8, 4) is 0 Å². The summed E-state index contributed by atoms with van der Waals surface area (Å²) in [5.74, 6) is -3.05. The number of halogens is 1. The molecular weight excluding hydrogens is 687 g/mol. The van der Waals surface area contributed by atoms with Crippen LogP contribution in [0.1, 0.15) is 72.8 Å². The van der Waals surface area contributed by atoms with Gasteiger partial charge in [0.15, 0.2) is 11.5 Å². The van der Waals surface area contributed by atoms with Crippen molar-refractivity contribution < 1.29 is 28.0 Å². The number of nitrogens with one attached hydrogen (secondary N) is 4. The van der Waals surface area contributed by atoms with Gasteiger partial charge in [-0.15, -0.1) is 0 Å². The van der Waals surface area contributed by atoms with Crippen molar-refractivity contribution in [2.24, 2.45) is 5.92 Å². The van der Waals surface area contributed by atoms with Gasteiger partial charge in [-0.2, -0.15) is 0 Å². The van der Waals surface area contributed by atoms with Crippen LogP contribution in [0.15, 0.2) is 38.3 Å². The van der Waals surface area contributed by atoms with Gasteiger partial charge < -0.3 is 15.1 Å². The number of carbonyl (C=O) groups is 4. The highest BCUT2D eigenvalue weighted by atomic mass is 19.1. The maximum absolute atomic E-state index is 15.7. The number of pyridine rings is 1. The second-order valence-corrected chi connectivity index (χ2v) is 14.6. The lowest BCUT2D eigenvalue weighted by atomic mass is 9.92. The third-order valence-corrected chi connectivity index (χ3v) is 11.4. The molecule has 4 N–H and O–H groups in total. The van der Waals surface area contributed by atoms with Crippen LogP contribution in [-0.2, 0) is 38.7 Å². The number of oxazole rings is 1. The number of rotatable bonds is 5. The van der Waals surface area contributed by atoms with Crippen LogP contribution in [0.5, 0.6) is 0 Å². The molecule has 3 aromatic heterocycles. The number of fused-ring (bicyclic) bond motifs is 4. The Morgan fingerprint density at radius 2 is 1.62 bits per heavy atom. The maximum atomic E-state index is 15.7. The van der Waals surface area contributed by atoms with Crippen molar-refractivity contribution >= 4 is 56.5 Å². The van der Waals surface area contributed by atoms with Crippen molar-refractivity contribution in [3.05, 3.63) is 73.6 Å². The van der Waals surface area contributed by atoms with Crippen LogP contribution in [0.2, 0.25) is 0 Å². The van der Waals surface area contributed by atoms with Crippen molar-refractivity contribution in [1.82, 2.24) is 40.0 Å². The van der Waals surface area contributed by atoms with Crippen LogP contribution in [0.25, 0.3) is 32.9 Å². The molecule has 15 nitrogen and oxygen atoms in total. The summed E-state index contributed by atoms with van der Waals surface area (Å²) in [6.45, 7) is 4.14. The molecule has 0 bridgehead atoms. The summed E-state index contributed by atoms with van der Waals surface area (Å²) in [4.78, 5) is 85.2. The fraction of sp³-hybridized carbons (Fsp3) is 0.432. The number of aryl methyl sites for hydroxylation is 1. The summed E-state index contributed by atoms with van der Waals surface area (Å²) in [6.07, 6.45) is 2.22. The van der Waals surface area contributed by atoms with E-state index in [1.54, 1.807) is 31.2 Å². The van der Waals surface area contributed by atoms with Crippen LogP contribution in [0.4, 0.5) is 4.39 Å². The molecule has 9 rings (SSSR count). The van der Waals surface area contributed by atoms with Gasteiger partial charge >= 0.3 is 5.69 Å². The Hall–Kier alpha value is -5.48. The smallest absolute Gasteiger partial charge is 0.329 e. The zero-order chi connectivity index (χ0) is 36.7. The SMILES string of the molecule is Cc1cc2c(F)c3c(cc2c(=O)n1C1CC(Cn2c(=O)n(C4CCC(=O)NC4=O)c4cc5nc(C6CCNCC6)oc5cc42)C(=O)NC1=O)CNCC3. The highest BCUT2D eigenvalue weighted by Gasteiger charge is 2.39. The Bertz CT molecular complexity index is 2540. The fourth-order valence-corrected chi connectivity index (χ4v) is 8.65. The number of nitrogens with zero attached hydrogens (tertiary/aromatic N) is 4. The Kier molecular flexibility index (Phi) is 7.92.